The molecule has 0 radical (unpaired) electrons. The fraction of sp³-hybridized carbons (Fsp3) is 0.889. The van der Waals surface area contributed by atoms with Crippen LogP contribution in [0.15, 0.2) is 0 Å². The monoisotopic (exact) mass is 253 g/mol. The zero-order valence-corrected chi connectivity index (χ0v) is 10.7. The quantitative estimate of drug-likeness (QED) is 0.344. The molecule has 0 rings (SSSR count). The van der Waals surface area contributed by atoms with Crippen molar-refractivity contribution in [1.82, 2.24) is 5.32 Å². The molecule has 1 amide bonds. The number of unbranched alkanes of at least 4 members (excludes halogenated alkanes) is 1. The number of hydrogen-bond donors (Lipinski definition) is 1. The predicted molar refractivity (Wildman–Crippen MR) is 60.1 cm³/mol. The van der Waals surface area contributed by atoms with E-state index in [1.54, 1.807) is 13.8 Å². The van der Waals surface area contributed by atoms with E-state index in [0.717, 1.165) is 6.42 Å². The number of rotatable bonds is 11. The molecule has 0 aromatic carbocycles. The Balaban J connectivity index is 3.67. The van der Waals surface area contributed by atoms with Crippen molar-refractivity contribution in [3.63, 3.8) is 0 Å². The first kappa shape index (κ1) is 15.6. The van der Waals surface area contributed by atoms with E-state index < -0.39 is 7.82 Å². The maximum Gasteiger partial charge on any atom is 0.474 e. The molecule has 0 bridgehead atoms. The molecule has 0 saturated heterocycles. The molecule has 0 unspecified atom stereocenters. The lowest BCUT2D eigenvalue weighted by atomic mass is 10.3. The highest BCUT2D eigenvalue weighted by Crippen LogP contribution is 2.49. The highest BCUT2D eigenvalue weighted by Gasteiger charge is 2.24. The van der Waals surface area contributed by atoms with Crippen molar-refractivity contribution in [2.75, 3.05) is 26.4 Å². The number of carbonyl (C=O) groups is 1. The SMILES string of the molecule is CCOP(=O)(OCC)OCCCCNC=O. The highest BCUT2D eigenvalue weighted by molar-refractivity contribution is 7.48. The van der Waals surface area contributed by atoms with E-state index in [1.807, 2.05) is 0 Å². The molecule has 7 heteroatoms. The van der Waals surface area contributed by atoms with Crippen LogP contribution < -0.4 is 5.32 Å². The number of phosphoric ester groups is 1. The van der Waals surface area contributed by atoms with Crippen LogP contribution in [-0.4, -0.2) is 32.8 Å². The third-order valence-electron chi connectivity index (χ3n) is 1.62. The van der Waals surface area contributed by atoms with Gasteiger partial charge in [-0.05, 0) is 26.7 Å². The van der Waals surface area contributed by atoms with Gasteiger partial charge in [-0.15, -0.1) is 0 Å². The Morgan fingerprint density at radius 1 is 1.12 bits per heavy atom. The average molecular weight is 253 g/mol. The zero-order valence-electron chi connectivity index (χ0n) is 9.81. The van der Waals surface area contributed by atoms with Crippen LogP contribution in [0.4, 0.5) is 0 Å². The standard InChI is InChI=1S/C9H20NO5P/c1-3-13-16(12,14-4-2)15-8-6-5-7-10-9-11/h9H,3-8H2,1-2H3,(H,10,11). The van der Waals surface area contributed by atoms with Crippen molar-refractivity contribution in [1.29, 1.82) is 0 Å². The van der Waals surface area contributed by atoms with Crippen LogP contribution in [0, 0.1) is 0 Å². The molecule has 0 aromatic heterocycles. The third-order valence-corrected chi connectivity index (χ3v) is 3.27. The van der Waals surface area contributed by atoms with Gasteiger partial charge in [0.15, 0.2) is 0 Å². The number of amides is 1. The molecule has 0 aliphatic rings. The van der Waals surface area contributed by atoms with Gasteiger partial charge in [0.1, 0.15) is 0 Å². The van der Waals surface area contributed by atoms with Crippen LogP contribution in [0.5, 0.6) is 0 Å². The van der Waals surface area contributed by atoms with Crippen LogP contribution in [0.2, 0.25) is 0 Å². The second-order valence-electron chi connectivity index (χ2n) is 2.90. The molecule has 96 valence electrons. The van der Waals surface area contributed by atoms with Gasteiger partial charge in [-0.3, -0.25) is 18.4 Å². The van der Waals surface area contributed by atoms with Gasteiger partial charge < -0.3 is 5.32 Å². The molecule has 16 heavy (non-hydrogen) atoms. The van der Waals surface area contributed by atoms with Crippen molar-refractivity contribution in [3.05, 3.63) is 0 Å². The zero-order chi connectivity index (χ0) is 12.3. The molecule has 0 heterocycles. The molecule has 0 aliphatic heterocycles. The topological polar surface area (TPSA) is 73.9 Å². The number of phosphoric acid groups is 1. The molecule has 0 aliphatic carbocycles. The normalized spacial score (nSPS) is 11.4. The van der Waals surface area contributed by atoms with Gasteiger partial charge in [-0.25, -0.2) is 4.57 Å². The van der Waals surface area contributed by atoms with Gasteiger partial charge >= 0.3 is 7.82 Å². The van der Waals surface area contributed by atoms with E-state index in [2.05, 4.69) is 5.32 Å². The molecular weight excluding hydrogens is 233 g/mol. The largest absolute Gasteiger partial charge is 0.474 e. The third kappa shape index (κ3) is 7.82. The van der Waals surface area contributed by atoms with E-state index in [-0.39, 0.29) is 19.8 Å². The van der Waals surface area contributed by atoms with Crippen LogP contribution in [0.3, 0.4) is 0 Å². The summed E-state index contributed by atoms with van der Waals surface area (Å²) in [6.45, 7) is 4.89. The lowest BCUT2D eigenvalue weighted by molar-refractivity contribution is -0.109. The first-order chi connectivity index (χ1) is 7.68. The van der Waals surface area contributed by atoms with Crippen LogP contribution >= 0.6 is 7.82 Å². The second kappa shape index (κ2) is 9.78. The van der Waals surface area contributed by atoms with Crippen LogP contribution in [-0.2, 0) is 22.9 Å². The van der Waals surface area contributed by atoms with Gasteiger partial charge in [0.2, 0.25) is 6.41 Å². The highest BCUT2D eigenvalue weighted by atomic mass is 31.2. The Morgan fingerprint density at radius 3 is 2.25 bits per heavy atom. The van der Waals surface area contributed by atoms with Crippen molar-refractivity contribution in [2.24, 2.45) is 0 Å². The van der Waals surface area contributed by atoms with Crippen LogP contribution in [0.1, 0.15) is 26.7 Å². The Morgan fingerprint density at radius 2 is 1.75 bits per heavy atom. The number of hydrogen-bond acceptors (Lipinski definition) is 5. The molecule has 0 saturated carbocycles. The summed E-state index contributed by atoms with van der Waals surface area (Å²) >= 11 is 0. The predicted octanol–water partition coefficient (Wildman–Crippen LogP) is 1.71. The summed E-state index contributed by atoms with van der Waals surface area (Å²) in [5.41, 5.74) is 0. The maximum absolute atomic E-state index is 11.8. The van der Waals surface area contributed by atoms with Gasteiger partial charge in [-0.1, -0.05) is 0 Å². The molecule has 0 atom stereocenters. The smallest absolute Gasteiger partial charge is 0.359 e. The van der Waals surface area contributed by atoms with E-state index >= 15 is 0 Å². The van der Waals surface area contributed by atoms with Gasteiger partial charge in [0.05, 0.1) is 19.8 Å². The summed E-state index contributed by atoms with van der Waals surface area (Å²) < 4.78 is 26.7. The number of nitrogens with one attached hydrogen (secondary N) is 1. The minimum atomic E-state index is -3.36. The van der Waals surface area contributed by atoms with Gasteiger partial charge in [-0.2, -0.15) is 0 Å². The van der Waals surface area contributed by atoms with E-state index in [9.17, 15) is 9.36 Å². The van der Waals surface area contributed by atoms with E-state index in [0.29, 0.717) is 19.4 Å². The summed E-state index contributed by atoms with van der Waals surface area (Å²) in [5, 5.41) is 2.53. The molecule has 0 fully saturated rings. The van der Waals surface area contributed by atoms with Crippen molar-refractivity contribution < 1.29 is 22.9 Å². The van der Waals surface area contributed by atoms with Crippen molar-refractivity contribution in [2.45, 2.75) is 26.7 Å². The summed E-state index contributed by atoms with van der Waals surface area (Å²) in [6, 6.07) is 0. The Bertz CT molecular complexity index is 214. The van der Waals surface area contributed by atoms with Crippen LogP contribution in [0.25, 0.3) is 0 Å². The molecule has 0 aromatic rings. The van der Waals surface area contributed by atoms with Gasteiger partial charge in [0.25, 0.3) is 0 Å². The Labute approximate surface area is 96.3 Å². The summed E-state index contributed by atoms with van der Waals surface area (Å²) in [4.78, 5) is 9.94. The van der Waals surface area contributed by atoms with Crippen molar-refractivity contribution in [3.8, 4) is 0 Å². The molecule has 1 N–H and O–H groups in total. The Kier molecular flexibility index (Phi) is 9.52. The summed E-state index contributed by atoms with van der Waals surface area (Å²) in [6.07, 6.45) is 2.09. The minimum absolute atomic E-state index is 0.282. The summed E-state index contributed by atoms with van der Waals surface area (Å²) in [5.74, 6) is 0. The average Bonchev–Trinajstić information content (AvgIpc) is 2.24. The maximum atomic E-state index is 11.8. The van der Waals surface area contributed by atoms with Crippen molar-refractivity contribution >= 4 is 14.2 Å². The van der Waals surface area contributed by atoms with E-state index in [4.69, 9.17) is 13.6 Å². The van der Waals surface area contributed by atoms with Gasteiger partial charge in [0, 0.05) is 6.54 Å². The van der Waals surface area contributed by atoms with E-state index in [1.165, 1.54) is 0 Å². The second-order valence-corrected chi connectivity index (χ2v) is 4.56. The Hall–Kier alpha value is -0.420. The molecular formula is C9H20NO5P. The molecule has 0 spiro atoms. The summed E-state index contributed by atoms with van der Waals surface area (Å²) in [7, 11) is -3.36. The minimum Gasteiger partial charge on any atom is -0.359 e. The molecule has 6 nitrogen and oxygen atoms in total. The lowest BCUT2D eigenvalue weighted by Gasteiger charge is -2.16. The number of carbonyl (C=O) groups excluding carboxylic acids is 1. The lowest BCUT2D eigenvalue weighted by Crippen LogP contribution is -2.12. The fourth-order valence-electron chi connectivity index (χ4n) is 0.992. The first-order valence-corrected chi connectivity index (χ1v) is 6.85. The fourth-order valence-corrected chi connectivity index (χ4v) is 2.20. The first-order valence-electron chi connectivity index (χ1n) is 5.39.